The van der Waals surface area contributed by atoms with Crippen LogP contribution in [0.2, 0.25) is 32.7 Å². The molecule has 51 heavy (non-hydrogen) atoms. The largest absolute Gasteiger partial charge is 0.490 e. The summed E-state index contributed by atoms with van der Waals surface area (Å²) in [6, 6.07) is 37.5. The van der Waals surface area contributed by atoms with Crippen molar-refractivity contribution in [3.63, 3.8) is 0 Å². The fourth-order valence-corrected chi connectivity index (χ4v) is 13.8. The number of benzene rings is 5. The van der Waals surface area contributed by atoms with E-state index < -0.39 is 16.1 Å². The van der Waals surface area contributed by atoms with Gasteiger partial charge in [0.1, 0.15) is 12.4 Å². The van der Waals surface area contributed by atoms with Crippen molar-refractivity contribution >= 4 is 26.5 Å². The minimum Gasteiger partial charge on any atom is -0.490 e. The first-order valence-electron chi connectivity index (χ1n) is 18.7. The van der Waals surface area contributed by atoms with Gasteiger partial charge < -0.3 is 4.74 Å². The Morgan fingerprint density at radius 2 is 1.06 bits per heavy atom. The van der Waals surface area contributed by atoms with Crippen molar-refractivity contribution in [1.29, 1.82) is 0 Å². The molecule has 5 aromatic carbocycles. The molecule has 1 aliphatic carbocycles. The van der Waals surface area contributed by atoms with Gasteiger partial charge >= 0.3 is 0 Å². The highest BCUT2D eigenvalue weighted by Gasteiger charge is 2.45. The van der Waals surface area contributed by atoms with E-state index in [0.29, 0.717) is 6.61 Å². The number of hydrogen-bond donors (Lipinski definition) is 0. The minimum absolute atomic E-state index is 0.0353. The molecule has 0 N–H and O–H groups in total. The van der Waals surface area contributed by atoms with Gasteiger partial charge in [-0.15, -0.1) is 0 Å². The maximum absolute atomic E-state index is 6.76. The Morgan fingerprint density at radius 1 is 0.608 bits per heavy atom. The molecular weight excluding hydrogens is 649 g/mol. The third-order valence-corrected chi connectivity index (χ3v) is 16.7. The van der Waals surface area contributed by atoms with Crippen molar-refractivity contribution < 1.29 is 4.74 Å². The van der Waals surface area contributed by atoms with E-state index in [4.69, 9.17) is 4.74 Å². The van der Waals surface area contributed by atoms with Crippen LogP contribution in [0.15, 0.2) is 110 Å². The molecule has 0 amide bonds. The van der Waals surface area contributed by atoms with Crippen molar-refractivity contribution in [3.8, 4) is 39.1 Å². The number of hydrogen-bond acceptors (Lipinski definition) is 1. The Labute approximate surface area is 310 Å². The highest BCUT2D eigenvalue weighted by atomic mass is 28.3. The first-order chi connectivity index (χ1) is 23.8. The summed E-state index contributed by atoms with van der Waals surface area (Å²) >= 11 is 0. The van der Waals surface area contributed by atoms with E-state index in [1.54, 1.807) is 0 Å². The molecule has 0 atom stereocenters. The van der Waals surface area contributed by atoms with Crippen molar-refractivity contribution in [2.45, 2.75) is 97.6 Å². The first-order valence-corrected chi connectivity index (χ1v) is 25.3. The molecule has 0 radical (unpaired) electrons. The molecule has 0 unspecified atom stereocenters. The van der Waals surface area contributed by atoms with Gasteiger partial charge in [0, 0.05) is 5.54 Å². The smallest absolute Gasteiger partial charge is 0.118 e. The van der Waals surface area contributed by atoms with E-state index in [1.165, 1.54) is 71.6 Å². The van der Waals surface area contributed by atoms with Crippen LogP contribution in [-0.4, -0.2) is 22.8 Å². The molecule has 6 rings (SSSR count). The van der Waals surface area contributed by atoms with Gasteiger partial charge in [0.2, 0.25) is 0 Å². The summed E-state index contributed by atoms with van der Waals surface area (Å²) in [5.74, 6) is 1.12. The lowest BCUT2D eigenvalue weighted by Crippen LogP contribution is -2.52. The van der Waals surface area contributed by atoms with Gasteiger partial charge in [-0.2, -0.15) is 0 Å². The fraction of sp³-hybridized carbons (Fsp3) is 0.333. The summed E-state index contributed by atoms with van der Waals surface area (Å²) in [6.45, 7) is 33.3. The van der Waals surface area contributed by atoms with Gasteiger partial charge in [0.25, 0.3) is 0 Å². The van der Waals surface area contributed by atoms with Gasteiger partial charge in [-0.1, -0.05) is 190 Å². The molecule has 0 spiro atoms. The summed E-state index contributed by atoms with van der Waals surface area (Å²) in [5.41, 5.74) is 15.3. The van der Waals surface area contributed by atoms with Crippen molar-refractivity contribution in [3.05, 3.63) is 138 Å². The van der Waals surface area contributed by atoms with E-state index in [-0.39, 0.29) is 16.4 Å². The SMILES string of the molecule is C=CCOc1c([Si](C)(C)C)cc(C)cc1[Si](C)(C)C1c2cc(-c3ccccc3C(C)(C)C)ccc2-c2ccc(-c3ccccc3C(C)(C)C)cc21. The average molecular weight is 707 g/mol. The van der Waals surface area contributed by atoms with Crippen LogP contribution in [0.1, 0.15) is 74.9 Å². The molecule has 5 aromatic rings. The predicted molar refractivity (Wildman–Crippen MR) is 229 cm³/mol. The fourth-order valence-electron chi connectivity index (χ4n) is 8.41. The highest BCUT2D eigenvalue weighted by Crippen LogP contribution is 2.52. The summed E-state index contributed by atoms with van der Waals surface area (Å²) in [6.07, 6.45) is 1.89. The Kier molecular flexibility index (Phi) is 9.57. The van der Waals surface area contributed by atoms with Gasteiger partial charge in [-0.05, 0) is 83.8 Å². The molecule has 1 nitrogen and oxygen atoms in total. The van der Waals surface area contributed by atoms with Crippen LogP contribution in [0, 0.1) is 6.92 Å². The van der Waals surface area contributed by atoms with Gasteiger partial charge in [-0.3, -0.25) is 0 Å². The molecule has 1 aliphatic rings. The first kappa shape index (κ1) is 36.9. The van der Waals surface area contributed by atoms with Crippen LogP contribution < -0.4 is 15.1 Å². The molecule has 0 fully saturated rings. The lowest BCUT2D eigenvalue weighted by atomic mass is 9.81. The number of fused-ring (bicyclic) bond motifs is 3. The van der Waals surface area contributed by atoms with E-state index in [1.807, 2.05) is 6.08 Å². The van der Waals surface area contributed by atoms with Crippen LogP contribution in [0.5, 0.6) is 5.75 Å². The highest BCUT2D eigenvalue weighted by molar-refractivity contribution is 6.94. The van der Waals surface area contributed by atoms with Crippen molar-refractivity contribution in [2.75, 3.05) is 6.61 Å². The second-order valence-electron chi connectivity index (χ2n) is 18.4. The van der Waals surface area contributed by atoms with Crippen LogP contribution in [0.3, 0.4) is 0 Å². The Balaban J connectivity index is 1.65. The van der Waals surface area contributed by atoms with Gasteiger partial charge in [-0.25, -0.2) is 0 Å². The molecular formula is C48H58OSi2. The Morgan fingerprint density at radius 3 is 1.49 bits per heavy atom. The lowest BCUT2D eigenvalue weighted by molar-refractivity contribution is 0.368. The van der Waals surface area contributed by atoms with Crippen molar-refractivity contribution in [2.24, 2.45) is 0 Å². The molecule has 0 aliphatic heterocycles. The summed E-state index contributed by atoms with van der Waals surface area (Å²) in [5, 5.41) is 2.84. The zero-order chi connectivity index (χ0) is 37.1. The van der Waals surface area contributed by atoms with Crippen LogP contribution in [0.25, 0.3) is 33.4 Å². The van der Waals surface area contributed by atoms with E-state index in [9.17, 15) is 0 Å². The molecule has 0 saturated carbocycles. The summed E-state index contributed by atoms with van der Waals surface area (Å²) in [4.78, 5) is 0. The van der Waals surface area contributed by atoms with Crippen molar-refractivity contribution in [1.82, 2.24) is 0 Å². The second kappa shape index (κ2) is 13.2. The monoisotopic (exact) mass is 706 g/mol. The van der Waals surface area contributed by atoms with Gasteiger partial charge in [0.05, 0.1) is 16.1 Å². The summed E-state index contributed by atoms with van der Waals surface area (Å²) < 4.78 is 6.76. The topological polar surface area (TPSA) is 9.23 Å². The van der Waals surface area contributed by atoms with E-state index in [0.717, 1.165) is 5.75 Å². The molecule has 0 bridgehead atoms. The standard InChI is InChI=1S/C48H58OSi2/c1-14-27-49-45-43(50(9,10)11)28-32(2)29-44(45)51(12,13)46-39-30-33(35-19-15-17-21-41(35)47(3,4)5)23-25-37(39)38-26-24-34(31-40(38)46)36-20-16-18-22-42(36)48(6,7)8/h14-26,28-31,46H,1,27H2,2-13H3. The molecule has 3 heteroatoms. The number of rotatable bonds is 8. The lowest BCUT2D eigenvalue weighted by Gasteiger charge is -2.36. The maximum Gasteiger partial charge on any atom is 0.118 e. The van der Waals surface area contributed by atoms with E-state index in [2.05, 4.69) is 185 Å². The maximum atomic E-state index is 6.76. The van der Waals surface area contributed by atoms with Crippen LogP contribution in [-0.2, 0) is 10.8 Å². The molecule has 0 aromatic heterocycles. The summed E-state index contributed by atoms with van der Waals surface area (Å²) in [7, 11) is -4.11. The third kappa shape index (κ3) is 6.88. The zero-order valence-corrected chi connectivity index (χ0v) is 35.2. The normalized spacial score (nSPS) is 13.6. The van der Waals surface area contributed by atoms with Gasteiger partial charge in [0.15, 0.2) is 0 Å². The Hall–Kier alpha value is -3.93. The van der Waals surface area contributed by atoms with Crippen LogP contribution >= 0.6 is 0 Å². The average Bonchev–Trinajstić information content (AvgIpc) is 3.40. The number of ether oxygens (including phenoxy) is 1. The minimum atomic E-state index is -2.37. The van der Waals surface area contributed by atoms with Crippen LogP contribution in [0.4, 0.5) is 0 Å². The molecule has 0 saturated heterocycles. The second-order valence-corrected chi connectivity index (χ2v) is 28.0. The van der Waals surface area contributed by atoms with E-state index >= 15 is 0 Å². The quantitative estimate of drug-likeness (QED) is 0.115. The predicted octanol–water partition coefficient (Wildman–Crippen LogP) is 12.3. The number of aryl methyl sites for hydroxylation is 1. The zero-order valence-electron chi connectivity index (χ0n) is 33.2. The third-order valence-electron chi connectivity index (χ3n) is 10.9. The molecule has 0 heterocycles. The molecule has 264 valence electrons. The Bertz CT molecular complexity index is 2010.